The Morgan fingerprint density at radius 1 is 0.822 bits per heavy atom. The first-order valence-corrected chi connectivity index (χ1v) is 20.3. The van der Waals surface area contributed by atoms with Crippen LogP contribution in [0.4, 0.5) is 0 Å². The highest BCUT2D eigenvalue weighted by atomic mass is 16.3. The van der Waals surface area contributed by atoms with Crippen LogP contribution in [0.3, 0.4) is 0 Å². The van der Waals surface area contributed by atoms with Gasteiger partial charge in [0.2, 0.25) is 0 Å². The fourth-order valence-corrected chi connectivity index (χ4v) is 12.5. The summed E-state index contributed by atoms with van der Waals surface area (Å²) in [6.07, 6.45) is 23.7. The third kappa shape index (κ3) is 7.82. The fraction of sp³-hybridized carbons (Fsp3) is 1.00. The van der Waals surface area contributed by atoms with Gasteiger partial charge in [0, 0.05) is 76.5 Å². The van der Waals surface area contributed by atoms with E-state index in [1.54, 1.807) is 38.5 Å². The molecule has 0 aromatic carbocycles. The molecule has 45 heavy (non-hydrogen) atoms. The summed E-state index contributed by atoms with van der Waals surface area (Å²) in [5.41, 5.74) is 0.708. The lowest BCUT2D eigenvalue weighted by atomic mass is 9.49. The third-order valence-electron chi connectivity index (χ3n) is 14.9. The maximum absolute atomic E-state index is 10.1. The van der Waals surface area contributed by atoms with Crippen LogP contribution in [0.25, 0.3) is 0 Å². The van der Waals surface area contributed by atoms with Crippen molar-refractivity contribution in [2.45, 2.75) is 141 Å². The number of aliphatic hydroxyl groups is 1. The Bertz CT molecular complexity index is 888. The summed E-state index contributed by atoms with van der Waals surface area (Å²) in [4.78, 5) is 11.6. The number of hydrogen-bond donors (Lipinski definition) is 2. The van der Waals surface area contributed by atoms with Crippen molar-refractivity contribution in [2.24, 2.45) is 35.0 Å². The van der Waals surface area contributed by atoms with Gasteiger partial charge in [0.15, 0.2) is 0 Å². The number of aliphatic hydroxyl groups excluding tert-OH is 1. The van der Waals surface area contributed by atoms with Crippen LogP contribution in [0, 0.1) is 35.0 Å². The standard InChI is InChI=1S/C39H71N5O/c1-3-30(2)38-28-44(17-16-41(38)14-11-39-22-32-18-33(23-39)20-34(19-32)24-39)36(21-31-8-5-4-6-9-31)27-42-13-7-10-35(42)26-43-15-12-40-25-37(43)29-45/h30-38,40,45H,3-29H2,1-2H3/t30-,32?,33?,34?,35+,36+,37-,38?,39?/m1/s1. The minimum absolute atomic E-state index is 0.286. The van der Waals surface area contributed by atoms with Crippen LogP contribution in [0.1, 0.15) is 117 Å². The normalized spacial score (nSPS) is 40.3. The smallest absolute Gasteiger partial charge is 0.0599 e. The summed E-state index contributed by atoms with van der Waals surface area (Å²) in [6.45, 7) is 17.4. The first kappa shape index (κ1) is 33.3. The number of hydrogen-bond acceptors (Lipinski definition) is 6. The van der Waals surface area contributed by atoms with E-state index < -0.39 is 0 Å². The molecule has 0 amide bonds. The van der Waals surface area contributed by atoms with Crippen molar-refractivity contribution in [3.05, 3.63) is 0 Å². The molecule has 5 aliphatic carbocycles. The molecule has 4 bridgehead atoms. The summed E-state index contributed by atoms with van der Waals surface area (Å²) in [5.74, 6) is 4.95. The Balaban J connectivity index is 1.01. The molecule has 5 atom stereocenters. The van der Waals surface area contributed by atoms with E-state index in [9.17, 15) is 5.11 Å². The lowest BCUT2D eigenvalue weighted by molar-refractivity contribution is -0.0686. The molecule has 6 nitrogen and oxygen atoms in total. The zero-order valence-corrected chi connectivity index (χ0v) is 29.5. The van der Waals surface area contributed by atoms with Gasteiger partial charge >= 0.3 is 0 Å². The molecule has 8 fully saturated rings. The van der Waals surface area contributed by atoms with Gasteiger partial charge in [-0.25, -0.2) is 0 Å². The molecule has 5 saturated carbocycles. The monoisotopic (exact) mass is 626 g/mol. The first-order chi connectivity index (χ1) is 22.0. The molecule has 0 spiro atoms. The van der Waals surface area contributed by atoms with Gasteiger partial charge in [-0.2, -0.15) is 0 Å². The Kier molecular flexibility index (Phi) is 11.2. The van der Waals surface area contributed by atoms with Crippen molar-refractivity contribution >= 4 is 0 Å². The molecule has 1 unspecified atom stereocenters. The SMILES string of the molecule is CC[C@@H](C)C1CN([C@@H](CC2CCCCC2)CN2CCC[C@H]2CN2CCNC[C@@H]2CO)CCN1CCC12CC3CC(CC(C3)C1)C2. The molecule has 258 valence electrons. The van der Waals surface area contributed by atoms with Gasteiger partial charge in [0.05, 0.1) is 6.61 Å². The predicted octanol–water partition coefficient (Wildman–Crippen LogP) is 5.69. The minimum atomic E-state index is 0.286. The highest BCUT2D eigenvalue weighted by Gasteiger charge is 2.51. The summed E-state index contributed by atoms with van der Waals surface area (Å²) in [5, 5.41) is 13.6. The van der Waals surface area contributed by atoms with Gasteiger partial charge < -0.3 is 10.4 Å². The second-order valence-electron chi connectivity index (χ2n) is 17.9. The molecule has 3 saturated heterocycles. The highest BCUT2D eigenvalue weighted by Crippen LogP contribution is 2.61. The lowest BCUT2D eigenvalue weighted by Crippen LogP contribution is -2.61. The van der Waals surface area contributed by atoms with E-state index in [-0.39, 0.29) is 6.61 Å². The van der Waals surface area contributed by atoms with E-state index in [4.69, 9.17) is 0 Å². The van der Waals surface area contributed by atoms with Gasteiger partial charge in [0.1, 0.15) is 0 Å². The van der Waals surface area contributed by atoms with Crippen molar-refractivity contribution in [1.82, 2.24) is 24.9 Å². The average Bonchev–Trinajstić information content (AvgIpc) is 3.49. The van der Waals surface area contributed by atoms with Gasteiger partial charge in [-0.3, -0.25) is 19.6 Å². The predicted molar refractivity (Wildman–Crippen MR) is 187 cm³/mol. The van der Waals surface area contributed by atoms with Crippen molar-refractivity contribution in [1.29, 1.82) is 0 Å². The Morgan fingerprint density at radius 2 is 1.58 bits per heavy atom. The topological polar surface area (TPSA) is 45.2 Å². The minimum Gasteiger partial charge on any atom is -0.395 e. The van der Waals surface area contributed by atoms with Crippen LogP contribution in [0.5, 0.6) is 0 Å². The van der Waals surface area contributed by atoms with Gasteiger partial charge in [-0.05, 0) is 112 Å². The first-order valence-electron chi connectivity index (χ1n) is 20.3. The van der Waals surface area contributed by atoms with Crippen molar-refractivity contribution < 1.29 is 5.11 Å². The number of likely N-dealkylation sites (tertiary alicyclic amines) is 1. The Labute approximate surface area is 277 Å². The van der Waals surface area contributed by atoms with Crippen LogP contribution in [-0.4, -0.2) is 121 Å². The summed E-state index contributed by atoms with van der Waals surface area (Å²) < 4.78 is 0. The molecule has 0 aromatic heterocycles. The highest BCUT2D eigenvalue weighted by molar-refractivity contribution is 5.02. The van der Waals surface area contributed by atoms with E-state index in [0.29, 0.717) is 23.5 Å². The fourth-order valence-electron chi connectivity index (χ4n) is 12.5. The molecule has 0 aromatic rings. The molecule has 6 heteroatoms. The molecule has 3 aliphatic heterocycles. The van der Waals surface area contributed by atoms with E-state index in [2.05, 4.69) is 38.8 Å². The van der Waals surface area contributed by atoms with Gasteiger partial charge in [0.25, 0.3) is 0 Å². The molecular weight excluding hydrogens is 554 g/mol. The maximum Gasteiger partial charge on any atom is 0.0599 e. The van der Waals surface area contributed by atoms with Crippen LogP contribution < -0.4 is 5.32 Å². The number of piperazine rings is 2. The van der Waals surface area contributed by atoms with Crippen molar-refractivity contribution in [2.75, 3.05) is 72.1 Å². The maximum atomic E-state index is 10.1. The van der Waals surface area contributed by atoms with Crippen LogP contribution >= 0.6 is 0 Å². The van der Waals surface area contributed by atoms with E-state index >= 15 is 0 Å². The Hall–Kier alpha value is -0.240. The molecule has 2 N–H and O–H groups in total. The second kappa shape index (κ2) is 15.1. The van der Waals surface area contributed by atoms with Crippen molar-refractivity contribution in [3.63, 3.8) is 0 Å². The molecule has 0 radical (unpaired) electrons. The molecular formula is C39H71N5O. The van der Waals surface area contributed by atoms with E-state index in [1.807, 2.05) is 0 Å². The number of nitrogens with zero attached hydrogens (tertiary/aromatic N) is 4. The molecule has 8 rings (SSSR count). The summed E-state index contributed by atoms with van der Waals surface area (Å²) in [7, 11) is 0. The zero-order chi connectivity index (χ0) is 30.8. The molecule has 3 heterocycles. The average molecular weight is 626 g/mol. The van der Waals surface area contributed by atoms with Crippen molar-refractivity contribution in [3.8, 4) is 0 Å². The quantitative estimate of drug-likeness (QED) is 0.274. The van der Waals surface area contributed by atoms with Gasteiger partial charge in [-0.15, -0.1) is 0 Å². The van der Waals surface area contributed by atoms with Crippen LogP contribution in [0.15, 0.2) is 0 Å². The largest absolute Gasteiger partial charge is 0.395 e. The molecule has 8 aliphatic rings. The third-order valence-corrected chi connectivity index (χ3v) is 14.9. The lowest BCUT2D eigenvalue weighted by Gasteiger charge is -2.58. The van der Waals surface area contributed by atoms with E-state index in [1.165, 1.54) is 103 Å². The van der Waals surface area contributed by atoms with Crippen LogP contribution in [0.2, 0.25) is 0 Å². The summed E-state index contributed by atoms with van der Waals surface area (Å²) >= 11 is 0. The Morgan fingerprint density at radius 3 is 2.29 bits per heavy atom. The summed E-state index contributed by atoms with van der Waals surface area (Å²) in [6, 6.07) is 2.40. The van der Waals surface area contributed by atoms with Crippen LogP contribution in [-0.2, 0) is 0 Å². The second-order valence-corrected chi connectivity index (χ2v) is 17.9. The zero-order valence-electron chi connectivity index (χ0n) is 29.5. The number of rotatable bonds is 13. The van der Waals surface area contributed by atoms with E-state index in [0.717, 1.165) is 61.8 Å². The number of nitrogens with one attached hydrogen (secondary N) is 1. The van der Waals surface area contributed by atoms with Gasteiger partial charge in [-0.1, -0.05) is 52.4 Å².